The van der Waals surface area contributed by atoms with Crippen molar-refractivity contribution in [2.45, 2.75) is 37.7 Å². The van der Waals surface area contributed by atoms with E-state index < -0.39 is 0 Å². The monoisotopic (exact) mass is 297 g/mol. The summed E-state index contributed by atoms with van der Waals surface area (Å²) in [6, 6.07) is 1.87. The number of halogens is 1. The predicted octanol–water partition coefficient (Wildman–Crippen LogP) is 2.30. The lowest BCUT2D eigenvalue weighted by Gasteiger charge is -2.12. The molecule has 4 nitrogen and oxygen atoms in total. The predicted molar refractivity (Wildman–Crippen MR) is 68.9 cm³/mol. The molecular formula is C12H16BrN3O. The highest BCUT2D eigenvalue weighted by Crippen LogP contribution is 2.39. The quantitative estimate of drug-likeness (QED) is 0.819. The van der Waals surface area contributed by atoms with Gasteiger partial charge in [0, 0.05) is 18.5 Å². The molecule has 1 heterocycles. The number of aliphatic hydroxyl groups excluding tert-OH is 1. The first-order valence-corrected chi connectivity index (χ1v) is 6.98. The Balaban J connectivity index is 1.64. The van der Waals surface area contributed by atoms with Crippen LogP contribution in [0.3, 0.4) is 0 Å². The Bertz CT molecular complexity index is 418. The number of aliphatic hydroxyl groups is 1. The van der Waals surface area contributed by atoms with Crippen molar-refractivity contribution in [2.24, 2.45) is 5.92 Å². The van der Waals surface area contributed by atoms with Crippen molar-refractivity contribution in [3.8, 4) is 0 Å². The minimum atomic E-state index is -0.242. The lowest BCUT2D eigenvalue weighted by molar-refractivity contribution is 0.164. The Hall–Kier alpha value is -0.680. The molecule has 0 bridgehead atoms. The van der Waals surface area contributed by atoms with Gasteiger partial charge in [-0.2, -0.15) is 0 Å². The second-order valence-electron chi connectivity index (χ2n) is 4.99. The molecule has 92 valence electrons. The van der Waals surface area contributed by atoms with E-state index in [2.05, 4.69) is 31.2 Å². The van der Waals surface area contributed by atoms with Crippen LogP contribution in [-0.2, 0) is 0 Å². The number of anilines is 1. The van der Waals surface area contributed by atoms with Crippen molar-refractivity contribution in [1.82, 2.24) is 9.97 Å². The second kappa shape index (κ2) is 4.53. The van der Waals surface area contributed by atoms with Crippen LogP contribution in [0.25, 0.3) is 0 Å². The van der Waals surface area contributed by atoms with Gasteiger partial charge in [0.1, 0.15) is 16.2 Å². The molecular weight excluding hydrogens is 282 g/mol. The summed E-state index contributed by atoms with van der Waals surface area (Å²) in [5.41, 5.74) is 0. The van der Waals surface area contributed by atoms with Crippen LogP contribution in [0.5, 0.6) is 0 Å². The molecule has 1 atom stereocenters. The zero-order valence-electron chi connectivity index (χ0n) is 9.56. The van der Waals surface area contributed by atoms with Gasteiger partial charge in [0.25, 0.3) is 0 Å². The largest absolute Gasteiger partial charge is 0.391 e. The molecule has 3 rings (SSSR count). The van der Waals surface area contributed by atoms with E-state index in [9.17, 15) is 5.11 Å². The van der Waals surface area contributed by atoms with Gasteiger partial charge in [-0.1, -0.05) is 0 Å². The fourth-order valence-corrected chi connectivity index (χ4v) is 2.31. The average molecular weight is 298 g/mol. The highest BCUT2D eigenvalue weighted by atomic mass is 79.9. The van der Waals surface area contributed by atoms with E-state index in [-0.39, 0.29) is 6.10 Å². The molecule has 1 aromatic rings. The van der Waals surface area contributed by atoms with Gasteiger partial charge < -0.3 is 10.4 Å². The van der Waals surface area contributed by atoms with Gasteiger partial charge in [-0.3, -0.25) is 0 Å². The summed E-state index contributed by atoms with van der Waals surface area (Å²) in [6.07, 6.45) is 4.46. The van der Waals surface area contributed by atoms with E-state index in [4.69, 9.17) is 0 Å². The maximum Gasteiger partial charge on any atom is 0.135 e. The van der Waals surface area contributed by atoms with Crippen LogP contribution >= 0.6 is 15.9 Å². The summed E-state index contributed by atoms with van der Waals surface area (Å²) in [7, 11) is 0. The van der Waals surface area contributed by atoms with Crippen LogP contribution in [0.1, 0.15) is 37.4 Å². The third kappa shape index (κ3) is 2.96. The Labute approximate surface area is 109 Å². The highest BCUT2D eigenvalue weighted by molar-refractivity contribution is 9.10. The van der Waals surface area contributed by atoms with Crippen LogP contribution in [0.4, 0.5) is 5.82 Å². The number of hydrogen-bond acceptors (Lipinski definition) is 4. The maximum atomic E-state index is 9.79. The summed E-state index contributed by atoms with van der Waals surface area (Å²) < 4.78 is 0.817. The summed E-state index contributed by atoms with van der Waals surface area (Å²) in [6.45, 7) is 0.582. The molecule has 1 unspecified atom stereocenters. The van der Waals surface area contributed by atoms with E-state index in [1.807, 2.05) is 6.07 Å². The van der Waals surface area contributed by atoms with Crippen molar-refractivity contribution < 1.29 is 5.11 Å². The molecule has 0 spiro atoms. The van der Waals surface area contributed by atoms with E-state index in [1.54, 1.807) is 0 Å². The summed E-state index contributed by atoms with van der Waals surface area (Å²) in [5, 5.41) is 13.0. The van der Waals surface area contributed by atoms with Crippen LogP contribution < -0.4 is 5.32 Å². The maximum absolute atomic E-state index is 9.79. The molecule has 17 heavy (non-hydrogen) atoms. The highest BCUT2D eigenvalue weighted by Gasteiger charge is 2.30. The molecule has 0 amide bonds. The Morgan fingerprint density at radius 1 is 1.35 bits per heavy atom. The third-order valence-electron chi connectivity index (χ3n) is 3.31. The van der Waals surface area contributed by atoms with Gasteiger partial charge in [0.2, 0.25) is 0 Å². The SMILES string of the molecule is OC(CNc1cc(Br)nc(C2CC2)n1)C1CC1. The van der Waals surface area contributed by atoms with Crippen molar-refractivity contribution >= 4 is 21.7 Å². The van der Waals surface area contributed by atoms with Gasteiger partial charge in [0.05, 0.1) is 6.10 Å². The Morgan fingerprint density at radius 3 is 2.76 bits per heavy atom. The Morgan fingerprint density at radius 2 is 2.12 bits per heavy atom. The summed E-state index contributed by atoms with van der Waals surface area (Å²) >= 11 is 3.40. The number of nitrogens with one attached hydrogen (secondary N) is 1. The van der Waals surface area contributed by atoms with Crippen molar-refractivity contribution in [1.29, 1.82) is 0 Å². The first-order chi connectivity index (χ1) is 8.22. The van der Waals surface area contributed by atoms with Gasteiger partial charge in [-0.25, -0.2) is 9.97 Å². The number of rotatable bonds is 5. The molecule has 1 aromatic heterocycles. The smallest absolute Gasteiger partial charge is 0.135 e. The second-order valence-corrected chi connectivity index (χ2v) is 5.81. The molecule has 2 aliphatic carbocycles. The van der Waals surface area contributed by atoms with Crippen LogP contribution in [0.2, 0.25) is 0 Å². The first-order valence-electron chi connectivity index (χ1n) is 6.19. The zero-order chi connectivity index (χ0) is 11.8. The molecule has 0 aromatic carbocycles. The summed E-state index contributed by atoms with van der Waals surface area (Å²) in [5.74, 6) is 2.77. The molecule has 2 saturated carbocycles. The molecule has 0 saturated heterocycles. The van der Waals surface area contributed by atoms with Crippen LogP contribution in [-0.4, -0.2) is 27.7 Å². The van der Waals surface area contributed by atoms with E-state index in [0.717, 1.165) is 29.1 Å². The van der Waals surface area contributed by atoms with Gasteiger partial charge >= 0.3 is 0 Å². The molecule has 0 aliphatic heterocycles. The fraction of sp³-hybridized carbons (Fsp3) is 0.667. The average Bonchev–Trinajstić information content (AvgIpc) is 3.19. The minimum Gasteiger partial charge on any atom is -0.391 e. The third-order valence-corrected chi connectivity index (χ3v) is 3.72. The van der Waals surface area contributed by atoms with Gasteiger partial charge in [-0.15, -0.1) is 0 Å². The van der Waals surface area contributed by atoms with Gasteiger partial charge in [-0.05, 0) is 47.5 Å². The normalized spacial score (nSPS) is 21.3. The zero-order valence-corrected chi connectivity index (χ0v) is 11.2. The lowest BCUT2D eigenvalue weighted by atomic mass is 10.2. The first kappa shape index (κ1) is 11.4. The summed E-state index contributed by atoms with van der Waals surface area (Å²) in [4.78, 5) is 8.86. The molecule has 2 N–H and O–H groups in total. The number of nitrogens with zero attached hydrogens (tertiary/aromatic N) is 2. The van der Waals surface area contributed by atoms with Crippen molar-refractivity contribution in [2.75, 3.05) is 11.9 Å². The van der Waals surface area contributed by atoms with E-state index in [0.29, 0.717) is 18.4 Å². The Kier molecular flexibility index (Phi) is 3.04. The number of aromatic nitrogens is 2. The molecule has 2 fully saturated rings. The van der Waals surface area contributed by atoms with Crippen LogP contribution in [0, 0.1) is 5.92 Å². The van der Waals surface area contributed by atoms with Crippen molar-refractivity contribution in [3.05, 3.63) is 16.5 Å². The molecule has 2 aliphatic rings. The van der Waals surface area contributed by atoms with Crippen molar-refractivity contribution in [3.63, 3.8) is 0 Å². The number of hydrogen-bond donors (Lipinski definition) is 2. The topological polar surface area (TPSA) is 58.0 Å². The lowest BCUT2D eigenvalue weighted by Crippen LogP contribution is -2.22. The minimum absolute atomic E-state index is 0.242. The van der Waals surface area contributed by atoms with Crippen LogP contribution in [0.15, 0.2) is 10.7 Å². The molecule has 5 heteroatoms. The van der Waals surface area contributed by atoms with Gasteiger partial charge in [0.15, 0.2) is 0 Å². The standard InChI is InChI=1S/C12H16BrN3O/c13-10-5-11(14-6-9(17)7-1-2-7)16-12(15-10)8-3-4-8/h5,7-9,17H,1-4,6H2,(H,14,15,16). The van der Waals surface area contributed by atoms with E-state index in [1.165, 1.54) is 12.8 Å². The molecule has 0 radical (unpaired) electrons. The van der Waals surface area contributed by atoms with E-state index >= 15 is 0 Å². The fourth-order valence-electron chi connectivity index (χ4n) is 1.91.